The maximum absolute atomic E-state index is 12.0. The van der Waals surface area contributed by atoms with Gasteiger partial charge in [-0.3, -0.25) is 0 Å². The van der Waals surface area contributed by atoms with Crippen LogP contribution in [0.1, 0.15) is 45.7 Å². The average molecular weight is 299 g/mol. The van der Waals surface area contributed by atoms with Crippen LogP contribution >= 0.6 is 0 Å². The van der Waals surface area contributed by atoms with Gasteiger partial charge in [-0.2, -0.15) is 0 Å². The minimum atomic E-state index is -3.16. The lowest BCUT2D eigenvalue weighted by molar-refractivity contribution is 0.333. The van der Waals surface area contributed by atoms with Crippen LogP contribution in [0.4, 0.5) is 0 Å². The molecule has 1 rings (SSSR count). The molecule has 0 fully saturated rings. The predicted molar refractivity (Wildman–Crippen MR) is 82.7 cm³/mol. The summed E-state index contributed by atoms with van der Waals surface area (Å²) in [5, 5.41) is 0. The van der Waals surface area contributed by atoms with E-state index in [0.29, 0.717) is 5.75 Å². The van der Waals surface area contributed by atoms with Crippen LogP contribution in [0.2, 0.25) is 0 Å². The van der Waals surface area contributed by atoms with Crippen molar-refractivity contribution in [3.63, 3.8) is 0 Å². The molecular formula is C15H25NO3S. The summed E-state index contributed by atoms with van der Waals surface area (Å²) in [5.74, 6) is 0.678. The summed E-state index contributed by atoms with van der Waals surface area (Å²) in [6.07, 6.45) is 0.806. The fourth-order valence-corrected chi connectivity index (χ4v) is 2.62. The Labute approximate surface area is 122 Å². The third-order valence-corrected chi connectivity index (χ3v) is 5.87. The molecule has 4 nitrogen and oxygen atoms in total. The van der Waals surface area contributed by atoms with Gasteiger partial charge in [-0.25, -0.2) is 8.42 Å². The number of rotatable bonds is 6. The van der Waals surface area contributed by atoms with E-state index in [0.717, 1.165) is 12.0 Å². The van der Waals surface area contributed by atoms with E-state index < -0.39 is 14.6 Å². The molecule has 1 unspecified atom stereocenters. The van der Waals surface area contributed by atoms with Gasteiger partial charge in [0.2, 0.25) is 0 Å². The fraction of sp³-hybridized carbons (Fsp3) is 0.600. The Morgan fingerprint density at radius 2 is 1.85 bits per heavy atom. The quantitative estimate of drug-likeness (QED) is 0.877. The molecule has 1 aromatic carbocycles. The van der Waals surface area contributed by atoms with Gasteiger partial charge in [-0.15, -0.1) is 0 Å². The van der Waals surface area contributed by atoms with Crippen molar-refractivity contribution in [3.05, 3.63) is 29.8 Å². The number of hydrogen-bond donors (Lipinski definition) is 1. The van der Waals surface area contributed by atoms with Gasteiger partial charge in [0.05, 0.1) is 10.5 Å². The van der Waals surface area contributed by atoms with Crippen LogP contribution in [0.15, 0.2) is 24.3 Å². The molecule has 0 heterocycles. The van der Waals surface area contributed by atoms with E-state index in [4.69, 9.17) is 10.5 Å². The molecule has 0 aromatic heterocycles. The van der Waals surface area contributed by atoms with Gasteiger partial charge >= 0.3 is 0 Å². The first-order chi connectivity index (χ1) is 9.19. The molecule has 1 aromatic rings. The number of para-hydroxylation sites is 1. The number of benzene rings is 1. The largest absolute Gasteiger partial charge is 0.492 e. The molecule has 114 valence electrons. The van der Waals surface area contributed by atoms with E-state index in [2.05, 4.69) is 0 Å². The van der Waals surface area contributed by atoms with Crippen LogP contribution < -0.4 is 10.5 Å². The Balaban J connectivity index is 2.73. The lowest BCUT2D eigenvalue weighted by Gasteiger charge is -2.20. The van der Waals surface area contributed by atoms with Gasteiger partial charge in [0.25, 0.3) is 0 Å². The van der Waals surface area contributed by atoms with Gasteiger partial charge in [0, 0.05) is 11.6 Å². The van der Waals surface area contributed by atoms with Crippen molar-refractivity contribution in [2.24, 2.45) is 5.73 Å². The number of hydrogen-bond acceptors (Lipinski definition) is 4. The van der Waals surface area contributed by atoms with E-state index in [-0.39, 0.29) is 18.4 Å². The zero-order valence-corrected chi connectivity index (χ0v) is 13.5. The third-order valence-electron chi connectivity index (χ3n) is 3.30. The van der Waals surface area contributed by atoms with Crippen molar-refractivity contribution in [1.29, 1.82) is 0 Å². The second-order valence-electron chi connectivity index (χ2n) is 5.83. The van der Waals surface area contributed by atoms with E-state index >= 15 is 0 Å². The summed E-state index contributed by atoms with van der Waals surface area (Å²) in [7, 11) is -3.16. The molecule has 0 aliphatic carbocycles. The smallest absolute Gasteiger partial charge is 0.158 e. The van der Waals surface area contributed by atoms with Crippen molar-refractivity contribution in [2.75, 3.05) is 12.4 Å². The topological polar surface area (TPSA) is 69.4 Å². The van der Waals surface area contributed by atoms with Crippen molar-refractivity contribution in [1.82, 2.24) is 0 Å². The normalized spacial score (nSPS) is 14.1. The summed E-state index contributed by atoms with van der Waals surface area (Å²) in [4.78, 5) is 0. The third kappa shape index (κ3) is 4.21. The summed E-state index contributed by atoms with van der Waals surface area (Å²) in [6.45, 7) is 7.24. The Morgan fingerprint density at radius 3 is 2.40 bits per heavy atom. The molecule has 0 saturated heterocycles. The number of nitrogens with two attached hydrogens (primary N) is 1. The van der Waals surface area contributed by atoms with Crippen LogP contribution in [-0.4, -0.2) is 25.5 Å². The Kier molecular flexibility index (Phi) is 5.59. The van der Waals surface area contributed by atoms with Gasteiger partial charge in [0.15, 0.2) is 9.84 Å². The molecule has 0 aliphatic heterocycles. The number of sulfone groups is 1. The Hall–Kier alpha value is -1.07. The van der Waals surface area contributed by atoms with Crippen LogP contribution in [-0.2, 0) is 9.84 Å². The first-order valence-electron chi connectivity index (χ1n) is 6.88. The molecule has 20 heavy (non-hydrogen) atoms. The Morgan fingerprint density at radius 1 is 1.25 bits per heavy atom. The molecule has 0 amide bonds. The fourth-order valence-electron chi connectivity index (χ4n) is 1.71. The number of ether oxygens (including phenoxy) is 1. The van der Waals surface area contributed by atoms with E-state index in [9.17, 15) is 8.42 Å². The van der Waals surface area contributed by atoms with E-state index in [1.54, 1.807) is 20.8 Å². The zero-order valence-electron chi connectivity index (χ0n) is 12.7. The molecule has 0 bridgehead atoms. The van der Waals surface area contributed by atoms with Crippen molar-refractivity contribution < 1.29 is 13.2 Å². The summed E-state index contributed by atoms with van der Waals surface area (Å²) in [5.41, 5.74) is 6.94. The summed E-state index contributed by atoms with van der Waals surface area (Å²) in [6, 6.07) is 7.42. The second-order valence-corrected chi connectivity index (χ2v) is 8.69. The maximum atomic E-state index is 12.0. The van der Waals surface area contributed by atoms with Crippen molar-refractivity contribution >= 4 is 9.84 Å². The zero-order chi connectivity index (χ0) is 15.4. The highest BCUT2D eigenvalue weighted by atomic mass is 32.2. The van der Waals surface area contributed by atoms with Gasteiger partial charge in [0.1, 0.15) is 12.4 Å². The van der Waals surface area contributed by atoms with Crippen LogP contribution in [0.3, 0.4) is 0 Å². The highest BCUT2D eigenvalue weighted by molar-refractivity contribution is 7.92. The van der Waals surface area contributed by atoms with Gasteiger partial charge < -0.3 is 10.5 Å². The molecule has 1 atom stereocenters. The SMILES string of the molecule is CCC(N)c1ccccc1OCCS(=O)(=O)C(C)(C)C. The maximum Gasteiger partial charge on any atom is 0.158 e. The molecule has 2 N–H and O–H groups in total. The van der Waals surface area contributed by atoms with Crippen molar-refractivity contribution in [2.45, 2.75) is 44.9 Å². The highest BCUT2D eigenvalue weighted by Crippen LogP contribution is 2.25. The molecular weight excluding hydrogens is 274 g/mol. The molecule has 5 heteroatoms. The van der Waals surface area contributed by atoms with Gasteiger partial charge in [-0.1, -0.05) is 25.1 Å². The second kappa shape index (κ2) is 6.59. The molecule has 0 spiro atoms. The minimum Gasteiger partial charge on any atom is -0.492 e. The van der Waals surface area contributed by atoms with Crippen LogP contribution in [0, 0.1) is 0 Å². The first kappa shape index (κ1) is 17.0. The Bertz CT molecular complexity index is 532. The minimum absolute atomic E-state index is 0.00615. The van der Waals surface area contributed by atoms with Crippen molar-refractivity contribution in [3.8, 4) is 5.75 Å². The standard InChI is InChI=1S/C15H25NO3S/c1-5-13(16)12-8-6-7-9-14(12)19-10-11-20(17,18)15(2,3)4/h6-9,13H,5,10-11,16H2,1-4H3. The lowest BCUT2D eigenvalue weighted by atomic mass is 10.0. The lowest BCUT2D eigenvalue weighted by Crippen LogP contribution is -2.32. The monoisotopic (exact) mass is 299 g/mol. The van der Waals surface area contributed by atoms with Crippen LogP contribution in [0.25, 0.3) is 0 Å². The van der Waals surface area contributed by atoms with Crippen LogP contribution in [0.5, 0.6) is 5.75 Å². The average Bonchev–Trinajstić information content (AvgIpc) is 2.37. The first-order valence-corrected chi connectivity index (χ1v) is 8.54. The van der Waals surface area contributed by atoms with E-state index in [1.807, 2.05) is 31.2 Å². The molecule has 0 saturated carbocycles. The highest BCUT2D eigenvalue weighted by Gasteiger charge is 2.28. The van der Waals surface area contributed by atoms with Gasteiger partial charge in [-0.05, 0) is 33.3 Å². The predicted octanol–water partition coefficient (Wildman–Crippen LogP) is 2.69. The summed E-state index contributed by atoms with van der Waals surface area (Å²) >= 11 is 0. The molecule has 0 aliphatic rings. The molecule has 0 radical (unpaired) electrons. The summed E-state index contributed by atoms with van der Waals surface area (Å²) < 4.78 is 28.9. The van der Waals surface area contributed by atoms with E-state index in [1.165, 1.54) is 0 Å².